The molecule has 2 atom stereocenters. The summed E-state index contributed by atoms with van der Waals surface area (Å²) in [5.41, 5.74) is 6.53. The Labute approximate surface area is 169 Å². The Bertz CT molecular complexity index is 887. The maximum Gasteiger partial charge on any atom is 0.573 e. The summed E-state index contributed by atoms with van der Waals surface area (Å²) in [5, 5.41) is 0. The number of benzene rings is 2. The van der Waals surface area contributed by atoms with E-state index >= 15 is 0 Å². The molecule has 0 saturated carbocycles. The summed E-state index contributed by atoms with van der Waals surface area (Å²) in [6.07, 6.45) is 3.85. The lowest BCUT2D eigenvalue weighted by Crippen LogP contribution is -2.21. The summed E-state index contributed by atoms with van der Waals surface area (Å²) in [6.45, 7) is 2.24. The zero-order valence-corrected chi connectivity index (χ0v) is 16.6. The fraction of sp³-hybridized carbons (Fsp3) is 0.500. The fourth-order valence-corrected chi connectivity index (χ4v) is 5.16. The van der Waals surface area contributed by atoms with Crippen LogP contribution in [0.3, 0.4) is 0 Å². The van der Waals surface area contributed by atoms with Crippen LogP contribution in [0.2, 0.25) is 0 Å². The fourth-order valence-electron chi connectivity index (χ4n) is 5.16. The summed E-state index contributed by atoms with van der Waals surface area (Å²) < 4.78 is 54.9. The van der Waals surface area contributed by atoms with Gasteiger partial charge >= 0.3 is 6.36 Å². The van der Waals surface area contributed by atoms with Crippen LogP contribution in [0.1, 0.15) is 66.3 Å². The molecule has 0 spiro atoms. The van der Waals surface area contributed by atoms with Crippen molar-refractivity contribution >= 4 is 0 Å². The molecule has 0 heterocycles. The predicted octanol–water partition coefficient (Wildman–Crippen LogP) is 6.90. The van der Waals surface area contributed by atoms with Gasteiger partial charge < -0.3 is 4.74 Å². The monoisotopic (exact) mass is 406 g/mol. The van der Waals surface area contributed by atoms with Gasteiger partial charge in [0.05, 0.1) is 0 Å². The van der Waals surface area contributed by atoms with Crippen molar-refractivity contribution in [2.75, 3.05) is 0 Å². The van der Waals surface area contributed by atoms with E-state index in [0.717, 1.165) is 43.2 Å². The highest BCUT2D eigenvalue weighted by atomic mass is 19.4. The van der Waals surface area contributed by atoms with Gasteiger partial charge in [-0.25, -0.2) is 4.39 Å². The quantitative estimate of drug-likeness (QED) is 0.502. The Morgan fingerprint density at radius 2 is 1.66 bits per heavy atom. The molecule has 0 fully saturated rings. The van der Waals surface area contributed by atoms with Crippen LogP contribution >= 0.6 is 0 Å². The molecule has 4 rings (SSSR count). The second-order valence-corrected chi connectivity index (χ2v) is 8.42. The molecular formula is C24H26F4O. The normalized spacial score (nSPS) is 21.4. The number of alkyl halides is 3. The van der Waals surface area contributed by atoms with Crippen molar-refractivity contribution in [3.8, 4) is 5.75 Å². The number of hydrogen-bond acceptors (Lipinski definition) is 1. The van der Waals surface area contributed by atoms with Crippen LogP contribution in [-0.4, -0.2) is 6.36 Å². The van der Waals surface area contributed by atoms with Crippen LogP contribution in [0.5, 0.6) is 5.75 Å². The van der Waals surface area contributed by atoms with E-state index in [0.29, 0.717) is 0 Å². The van der Waals surface area contributed by atoms with Crippen molar-refractivity contribution in [3.63, 3.8) is 0 Å². The molecule has 2 aliphatic carbocycles. The van der Waals surface area contributed by atoms with E-state index in [4.69, 9.17) is 0 Å². The number of rotatable bonds is 4. The molecule has 0 N–H and O–H groups in total. The lowest BCUT2D eigenvalue weighted by atomic mass is 9.73. The van der Waals surface area contributed by atoms with Gasteiger partial charge in [-0.15, -0.1) is 13.2 Å². The largest absolute Gasteiger partial charge is 0.573 e. The first-order valence-corrected chi connectivity index (χ1v) is 10.5. The smallest absolute Gasteiger partial charge is 0.403 e. The minimum absolute atomic E-state index is 0.117. The molecule has 156 valence electrons. The molecule has 0 aromatic heterocycles. The molecule has 2 aliphatic rings. The van der Waals surface area contributed by atoms with Gasteiger partial charge in [-0.3, -0.25) is 0 Å². The zero-order valence-electron chi connectivity index (χ0n) is 16.6. The van der Waals surface area contributed by atoms with Gasteiger partial charge in [-0.2, -0.15) is 0 Å². The van der Waals surface area contributed by atoms with E-state index < -0.39 is 17.9 Å². The molecule has 0 amide bonds. The minimum Gasteiger partial charge on any atom is -0.403 e. The topological polar surface area (TPSA) is 9.23 Å². The third-order valence-electron chi connectivity index (χ3n) is 6.50. The van der Waals surface area contributed by atoms with Crippen LogP contribution in [0, 0.1) is 11.7 Å². The van der Waals surface area contributed by atoms with E-state index in [9.17, 15) is 17.6 Å². The van der Waals surface area contributed by atoms with Gasteiger partial charge in [-0.1, -0.05) is 38.0 Å². The lowest BCUT2D eigenvalue weighted by molar-refractivity contribution is -0.275. The summed E-state index contributed by atoms with van der Waals surface area (Å²) in [4.78, 5) is 0. The van der Waals surface area contributed by atoms with E-state index in [1.807, 2.05) is 0 Å². The van der Waals surface area contributed by atoms with E-state index in [2.05, 4.69) is 23.8 Å². The Hall–Kier alpha value is -2.04. The van der Waals surface area contributed by atoms with E-state index in [1.54, 1.807) is 6.07 Å². The van der Waals surface area contributed by atoms with Crippen molar-refractivity contribution in [2.45, 2.75) is 70.6 Å². The summed E-state index contributed by atoms with van der Waals surface area (Å²) in [7, 11) is 0. The van der Waals surface area contributed by atoms with Gasteiger partial charge in [0, 0.05) is 0 Å². The average Bonchev–Trinajstić information content (AvgIpc) is 2.68. The summed E-state index contributed by atoms with van der Waals surface area (Å²) in [6, 6.07) is 8.33. The second-order valence-electron chi connectivity index (χ2n) is 8.42. The van der Waals surface area contributed by atoms with Crippen molar-refractivity contribution in [1.82, 2.24) is 0 Å². The number of hydrogen-bond donors (Lipinski definition) is 0. The van der Waals surface area contributed by atoms with Crippen molar-refractivity contribution < 1.29 is 22.3 Å². The Morgan fingerprint density at radius 3 is 2.31 bits per heavy atom. The van der Waals surface area contributed by atoms with E-state index in [1.165, 1.54) is 54.0 Å². The van der Waals surface area contributed by atoms with Gasteiger partial charge in [-0.05, 0) is 90.3 Å². The summed E-state index contributed by atoms with van der Waals surface area (Å²) in [5.74, 6) is -0.820. The molecule has 2 aromatic carbocycles. The first-order valence-electron chi connectivity index (χ1n) is 10.5. The van der Waals surface area contributed by atoms with Gasteiger partial charge in [0.1, 0.15) is 0 Å². The third kappa shape index (κ3) is 4.44. The molecule has 2 unspecified atom stereocenters. The standard InChI is InChI=1S/C24H26F4O/c1-2-3-15-4-9-20-18(12-15)5-6-19-13-16(7-10-21(19)20)17-8-11-23(22(25)14-17)29-24(26,27)28/h5-6,8,11,14-16H,2-4,7,9-10,12-13H2,1H3. The molecule has 0 bridgehead atoms. The van der Waals surface area contributed by atoms with Crippen molar-refractivity contribution in [2.24, 2.45) is 5.92 Å². The molecule has 5 heteroatoms. The number of ether oxygens (including phenoxy) is 1. The molecule has 1 nitrogen and oxygen atoms in total. The van der Waals surface area contributed by atoms with Gasteiger partial charge in [0.2, 0.25) is 0 Å². The van der Waals surface area contributed by atoms with Crippen molar-refractivity contribution in [1.29, 1.82) is 0 Å². The maximum absolute atomic E-state index is 14.1. The lowest BCUT2D eigenvalue weighted by Gasteiger charge is -2.32. The molecular weight excluding hydrogens is 380 g/mol. The predicted molar refractivity (Wildman–Crippen MR) is 105 cm³/mol. The highest BCUT2D eigenvalue weighted by molar-refractivity contribution is 5.46. The van der Waals surface area contributed by atoms with E-state index in [-0.39, 0.29) is 5.92 Å². The Morgan fingerprint density at radius 1 is 0.966 bits per heavy atom. The molecule has 2 aromatic rings. The van der Waals surface area contributed by atoms with Gasteiger partial charge in [0.25, 0.3) is 0 Å². The van der Waals surface area contributed by atoms with Crippen LogP contribution in [0.25, 0.3) is 0 Å². The van der Waals surface area contributed by atoms with Crippen LogP contribution in [-0.2, 0) is 25.7 Å². The summed E-state index contributed by atoms with van der Waals surface area (Å²) >= 11 is 0. The average molecular weight is 406 g/mol. The molecule has 0 radical (unpaired) electrons. The molecule has 0 aliphatic heterocycles. The third-order valence-corrected chi connectivity index (χ3v) is 6.50. The maximum atomic E-state index is 14.1. The van der Waals surface area contributed by atoms with Crippen LogP contribution in [0.15, 0.2) is 30.3 Å². The SMILES string of the molecule is CCCC1CCc2c(ccc3c2CCC(c2ccc(OC(F)(F)F)c(F)c2)C3)C1. The van der Waals surface area contributed by atoms with Crippen molar-refractivity contribution in [3.05, 3.63) is 64.0 Å². The van der Waals surface area contributed by atoms with Crippen LogP contribution in [0.4, 0.5) is 17.6 Å². The van der Waals surface area contributed by atoms with Gasteiger partial charge in [0.15, 0.2) is 11.6 Å². The Balaban J connectivity index is 1.52. The molecule has 0 saturated heterocycles. The first-order chi connectivity index (χ1) is 13.8. The Kier molecular flexibility index (Phi) is 5.58. The highest BCUT2D eigenvalue weighted by Crippen LogP contribution is 2.39. The number of fused-ring (bicyclic) bond motifs is 3. The number of halogens is 4. The zero-order chi connectivity index (χ0) is 20.6. The first kappa shape index (κ1) is 20.2. The van der Waals surface area contributed by atoms with Crippen LogP contribution < -0.4 is 4.74 Å². The highest BCUT2D eigenvalue weighted by Gasteiger charge is 2.33. The minimum atomic E-state index is -4.89. The second kappa shape index (κ2) is 8.00. The molecule has 29 heavy (non-hydrogen) atoms.